The number of aromatic nitrogens is 1. The average molecular weight is 393 g/mol. The Morgan fingerprint density at radius 1 is 1.32 bits per heavy atom. The van der Waals surface area contributed by atoms with E-state index in [9.17, 15) is 23.5 Å². The zero-order valence-electron chi connectivity index (χ0n) is 15.5. The maximum absolute atomic E-state index is 13.9. The maximum Gasteiger partial charge on any atom is 0.309 e. The van der Waals surface area contributed by atoms with Crippen molar-refractivity contribution in [1.29, 1.82) is 0 Å². The Morgan fingerprint density at radius 3 is 2.71 bits per heavy atom. The second-order valence-corrected chi connectivity index (χ2v) is 7.10. The summed E-state index contributed by atoms with van der Waals surface area (Å²) in [5.74, 6) is -3.92. The summed E-state index contributed by atoms with van der Waals surface area (Å²) in [6.45, 7) is 4.98. The lowest BCUT2D eigenvalue weighted by atomic mass is 9.91. The van der Waals surface area contributed by atoms with Gasteiger partial charge in [-0.3, -0.25) is 14.5 Å². The van der Waals surface area contributed by atoms with Gasteiger partial charge in [-0.25, -0.2) is 8.78 Å². The van der Waals surface area contributed by atoms with Gasteiger partial charge in [0, 0.05) is 37.3 Å². The Kier molecular flexibility index (Phi) is 5.73. The zero-order valence-corrected chi connectivity index (χ0v) is 15.5. The van der Waals surface area contributed by atoms with E-state index < -0.39 is 35.5 Å². The quantitative estimate of drug-likeness (QED) is 0.811. The first-order valence-corrected chi connectivity index (χ1v) is 8.96. The molecule has 28 heavy (non-hydrogen) atoms. The molecule has 9 heteroatoms. The van der Waals surface area contributed by atoms with Gasteiger partial charge in [-0.15, -0.1) is 0 Å². The number of hydrogen-bond donors (Lipinski definition) is 2. The first kappa shape index (κ1) is 19.9. The number of amides is 1. The molecule has 150 valence electrons. The molecule has 7 nitrogen and oxygen atoms in total. The van der Waals surface area contributed by atoms with Crippen molar-refractivity contribution in [3.8, 4) is 11.3 Å². The number of halogens is 2. The molecule has 1 aliphatic rings. The average Bonchev–Trinajstić information content (AvgIpc) is 3.11. The third-order valence-corrected chi connectivity index (χ3v) is 4.95. The zero-order chi connectivity index (χ0) is 20.4. The summed E-state index contributed by atoms with van der Waals surface area (Å²) in [5, 5.41) is 15.8. The molecule has 0 radical (unpaired) electrons. The van der Waals surface area contributed by atoms with Crippen LogP contribution in [0.5, 0.6) is 0 Å². The second-order valence-electron chi connectivity index (χ2n) is 7.10. The summed E-state index contributed by atoms with van der Waals surface area (Å²) >= 11 is 0. The normalized spacial score (nSPS) is 20.3. The van der Waals surface area contributed by atoms with Crippen LogP contribution >= 0.6 is 0 Å². The molecule has 0 spiro atoms. The minimum absolute atomic E-state index is 0.0212. The maximum atomic E-state index is 13.9. The molecule has 0 bridgehead atoms. The Labute approximate surface area is 160 Å². The van der Waals surface area contributed by atoms with Crippen molar-refractivity contribution >= 4 is 11.9 Å². The molecule has 3 rings (SSSR count). The molecule has 1 amide bonds. The Bertz CT molecular complexity index is 884. The lowest BCUT2D eigenvalue weighted by Gasteiger charge is -2.38. The summed E-state index contributed by atoms with van der Waals surface area (Å²) in [6, 6.07) is 3.86. The number of carboxylic acids is 1. The van der Waals surface area contributed by atoms with Gasteiger partial charge >= 0.3 is 5.97 Å². The second kappa shape index (κ2) is 8.05. The van der Waals surface area contributed by atoms with Crippen molar-refractivity contribution < 1.29 is 28.0 Å². The molecule has 2 N–H and O–H groups in total. The predicted molar refractivity (Wildman–Crippen MR) is 95.6 cm³/mol. The summed E-state index contributed by atoms with van der Waals surface area (Å²) in [7, 11) is 0. The van der Waals surface area contributed by atoms with E-state index in [0.717, 1.165) is 6.07 Å². The Balaban J connectivity index is 1.73. The predicted octanol–water partition coefficient (Wildman–Crippen LogP) is 2.53. The van der Waals surface area contributed by atoms with E-state index in [-0.39, 0.29) is 23.1 Å². The van der Waals surface area contributed by atoms with Gasteiger partial charge < -0.3 is 14.9 Å². The van der Waals surface area contributed by atoms with E-state index in [2.05, 4.69) is 10.5 Å². The molecule has 1 fully saturated rings. The van der Waals surface area contributed by atoms with Crippen LogP contribution in [0.15, 0.2) is 28.8 Å². The molecular formula is C19H21F2N3O4. The Morgan fingerprint density at radius 2 is 2.07 bits per heavy atom. The van der Waals surface area contributed by atoms with Crippen LogP contribution in [0, 0.1) is 17.6 Å². The molecule has 1 aromatic heterocycles. The van der Waals surface area contributed by atoms with E-state index in [4.69, 9.17) is 4.52 Å². The summed E-state index contributed by atoms with van der Waals surface area (Å²) < 4.78 is 31.9. The first-order chi connectivity index (χ1) is 13.3. The van der Waals surface area contributed by atoms with Crippen molar-refractivity contribution in [3.05, 3.63) is 41.6 Å². The van der Waals surface area contributed by atoms with Gasteiger partial charge in [0.1, 0.15) is 11.6 Å². The molecule has 0 saturated carbocycles. The van der Waals surface area contributed by atoms with Crippen LogP contribution in [0.3, 0.4) is 0 Å². The highest BCUT2D eigenvalue weighted by Crippen LogP contribution is 2.25. The van der Waals surface area contributed by atoms with Gasteiger partial charge in [-0.2, -0.15) is 0 Å². The molecular weight excluding hydrogens is 372 g/mol. The highest BCUT2D eigenvalue weighted by Gasteiger charge is 2.36. The fourth-order valence-electron chi connectivity index (χ4n) is 3.31. The van der Waals surface area contributed by atoms with Crippen molar-refractivity contribution in [3.63, 3.8) is 0 Å². The van der Waals surface area contributed by atoms with Gasteiger partial charge in [0.2, 0.25) is 0 Å². The SMILES string of the molecule is CC(C)N1CC[C@@H](NC(=O)c2cc(-c3ccc(F)cc3F)on2)[C@H](C(=O)O)C1. The number of nitrogens with one attached hydrogen (secondary N) is 1. The van der Waals surface area contributed by atoms with Gasteiger partial charge in [0.25, 0.3) is 5.91 Å². The molecule has 1 aliphatic heterocycles. The lowest BCUT2D eigenvalue weighted by Crippen LogP contribution is -2.55. The topological polar surface area (TPSA) is 95.7 Å². The van der Waals surface area contributed by atoms with Crippen LogP contribution in [-0.4, -0.2) is 52.2 Å². The van der Waals surface area contributed by atoms with Gasteiger partial charge in [-0.1, -0.05) is 5.16 Å². The number of carbonyl (C=O) groups is 2. The number of carboxylic acid groups (broad SMARTS) is 1. The first-order valence-electron chi connectivity index (χ1n) is 8.96. The number of hydrogen-bond acceptors (Lipinski definition) is 5. The largest absolute Gasteiger partial charge is 0.481 e. The third kappa shape index (κ3) is 4.19. The van der Waals surface area contributed by atoms with Crippen molar-refractivity contribution in [2.75, 3.05) is 13.1 Å². The van der Waals surface area contributed by atoms with Crippen LogP contribution in [0.1, 0.15) is 30.8 Å². The molecule has 1 aromatic carbocycles. The summed E-state index contributed by atoms with van der Waals surface area (Å²) in [4.78, 5) is 26.2. The summed E-state index contributed by atoms with van der Waals surface area (Å²) in [6.07, 6.45) is 0.484. The van der Waals surface area contributed by atoms with Crippen LogP contribution in [0.4, 0.5) is 8.78 Å². The van der Waals surface area contributed by atoms with Crippen molar-refractivity contribution in [1.82, 2.24) is 15.4 Å². The van der Waals surface area contributed by atoms with Crippen LogP contribution in [0.2, 0.25) is 0 Å². The van der Waals surface area contributed by atoms with Gasteiger partial charge in [0.05, 0.1) is 11.5 Å². The number of aliphatic carboxylic acids is 1. The lowest BCUT2D eigenvalue weighted by molar-refractivity contribution is -0.144. The molecule has 2 atom stereocenters. The number of piperidine rings is 1. The number of benzene rings is 1. The minimum Gasteiger partial charge on any atom is -0.481 e. The third-order valence-electron chi connectivity index (χ3n) is 4.95. The molecule has 2 heterocycles. The molecule has 0 aliphatic carbocycles. The molecule has 0 unspecified atom stereocenters. The van der Waals surface area contributed by atoms with Crippen LogP contribution < -0.4 is 5.32 Å². The van der Waals surface area contributed by atoms with Crippen LogP contribution in [-0.2, 0) is 4.79 Å². The minimum atomic E-state index is -0.982. The fraction of sp³-hybridized carbons (Fsp3) is 0.421. The number of nitrogens with zero attached hydrogens (tertiary/aromatic N) is 2. The molecule has 2 aromatic rings. The highest BCUT2D eigenvalue weighted by atomic mass is 19.1. The van der Waals surface area contributed by atoms with E-state index >= 15 is 0 Å². The van der Waals surface area contributed by atoms with Gasteiger partial charge in [-0.05, 0) is 32.4 Å². The summed E-state index contributed by atoms with van der Waals surface area (Å²) in [5.41, 5.74) is -0.129. The van der Waals surface area contributed by atoms with Crippen molar-refractivity contribution in [2.24, 2.45) is 5.92 Å². The Hall–Kier alpha value is -2.81. The standard InChI is InChI=1S/C19H21F2N3O4/c1-10(2)24-6-5-15(13(9-24)19(26)27)22-18(25)16-8-17(28-23-16)12-4-3-11(20)7-14(12)21/h3-4,7-8,10,13,15H,5-6,9H2,1-2H3,(H,22,25)(H,26,27)/t13-,15-/m1/s1. The number of carbonyl (C=O) groups excluding carboxylic acids is 1. The monoisotopic (exact) mass is 393 g/mol. The molecule has 1 saturated heterocycles. The van der Waals surface area contributed by atoms with Crippen molar-refractivity contribution in [2.45, 2.75) is 32.4 Å². The number of rotatable bonds is 5. The number of likely N-dealkylation sites (tertiary alicyclic amines) is 1. The van der Waals surface area contributed by atoms with E-state index in [0.29, 0.717) is 25.6 Å². The van der Waals surface area contributed by atoms with Crippen LogP contribution in [0.25, 0.3) is 11.3 Å². The van der Waals surface area contributed by atoms with E-state index in [1.165, 1.54) is 12.1 Å². The van der Waals surface area contributed by atoms with E-state index in [1.54, 1.807) is 0 Å². The van der Waals surface area contributed by atoms with Gasteiger partial charge in [0.15, 0.2) is 11.5 Å². The fourth-order valence-corrected chi connectivity index (χ4v) is 3.31. The van der Waals surface area contributed by atoms with E-state index in [1.807, 2.05) is 18.7 Å². The highest BCUT2D eigenvalue weighted by molar-refractivity contribution is 5.93. The smallest absolute Gasteiger partial charge is 0.309 e.